The molecule has 0 saturated carbocycles. The molecule has 1 aromatic heterocycles. The highest BCUT2D eigenvalue weighted by atomic mass is 32.2. The van der Waals surface area contributed by atoms with Crippen LogP contribution in [0, 0.1) is 10.1 Å². The molecule has 1 aromatic carbocycles. The van der Waals surface area contributed by atoms with Gasteiger partial charge in [0.1, 0.15) is 4.92 Å². The van der Waals surface area contributed by atoms with Gasteiger partial charge in [-0.15, -0.1) is 0 Å². The Hall–Kier alpha value is -2.76. The molecule has 1 saturated heterocycles. The Balaban J connectivity index is 1.44. The van der Waals surface area contributed by atoms with Crippen molar-refractivity contribution in [2.75, 3.05) is 38.5 Å². The molecule has 11 heteroatoms. The lowest BCUT2D eigenvalue weighted by Gasteiger charge is -2.34. The molecular weight excluding hydrogens is 400 g/mol. The maximum atomic E-state index is 12.5. The topological polar surface area (TPSA) is 126 Å². The van der Waals surface area contributed by atoms with Gasteiger partial charge < -0.3 is 9.73 Å². The second-order valence-corrected chi connectivity index (χ2v) is 8.72. The quantitative estimate of drug-likeness (QED) is 0.498. The summed E-state index contributed by atoms with van der Waals surface area (Å²) in [5.74, 6) is -1.72. The van der Waals surface area contributed by atoms with E-state index in [1.165, 1.54) is 15.9 Å². The summed E-state index contributed by atoms with van der Waals surface area (Å²) in [7, 11) is -3.51. The largest absolute Gasteiger partial charge is 0.433 e. The van der Waals surface area contributed by atoms with E-state index in [2.05, 4.69) is 10.2 Å². The van der Waals surface area contributed by atoms with Crippen molar-refractivity contribution >= 4 is 21.8 Å². The molecule has 2 aromatic rings. The Kier molecular flexibility index (Phi) is 6.62. The number of carbonyl (C=O) groups is 1. The van der Waals surface area contributed by atoms with E-state index in [1.807, 2.05) is 30.3 Å². The number of nitro groups is 1. The minimum absolute atomic E-state index is 0.111. The van der Waals surface area contributed by atoms with E-state index in [-0.39, 0.29) is 18.1 Å². The van der Waals surface area contributed by atoms with Crippen molar-refractivity contribution in [2.45, 2.75) is 6.54 Å². The highest BCUT2D eigenvalue weighted by Crippen LogP contribution is 2.15. The molecule has 10 nitrogen and oxygen atoms in total. The van der Waals surface area contributed by atoms with Gasteiger partial charge >= 0.3 is 5.88 Å². The van der Waals surface area contributed by atoms with Crippen LogP contribution in [0.2, 0.25) is 0 Å². The molecule has 1 N–H and O–H groups in total. The molecule has 0 radical (unpaired) electrons. The van der Waals surface area contributed by atoms with E-state index in [1.54, 1.807) is 0 Å². The summed E-state index contributed by atoms with van der Waals surface area (Å²) in [6.07, 6.45) is 0. The van der Waals surface area contributed by atoms with E-state index < -0.39 is 26.7 Å². The van der Waals surface area contributed by atoms with E-state index in [9.17, 15) is 23.3 Å². The van der Waals surface area contributed by atoms with E-state index in [0.29, 0.717) is 26.2 Å². The number of sulfonamides is 1. The lowest BCUT2D eigenvalue weighted by Crippen LogP contribution is -2.49. The van der Waals surface area contributed by atoms with Gasteiger partial charge in [-0.3, -0.25) is 19.8 Å². The summed E-state index contributed by atoms with van der Waals surface area (Å²) in [5, 5.41) is 13.0. The number of hydrogen-bond donors (Lipinski definition) is 1. The fraction of sp³-hybridized carbons (Fsp3) is 0.389. The van der Waals surface area contributed by atoms with Crippen LogP contribution in [0.25, 0.3) is 0 Å². The van der Waals surface area contributed by atoms with Crippen molar-refractivity contribution in [3.63, 3.8) is 0 Å². The van der Waals surface area contributed by atoms with Crippen LogP contribution < -0.4 is 5.32 Å². The number of carbonyl (C=O) groups excluding carboxylic acids is 1. The molecule has 0 bridgehead atoms. The van der Waals surface area contributed by atoms with Gasteiger partial charge in [0, 0.05) is 39.3 Å². The minimum Gasteiger partial charge on any atom is -0.395 e. The maximum absolute atomic E-state index is 12.5. The smallest absolute Gasteiger partial charge is 0.395 e. The third-order valence-electron chi connectivity index (χ3n) is 4.61. The third kappa shape index (κ3) is 5.62. The van der Waals surface area contributed by atoms with Gasteiger partial charge in [-0.05, 0) is 11.6 Å². The van der Waals surface area contributed by atoms with E-state index in [0.717, 1.165) is 12.6 Å². The Bertz CT molecular complexity index is 952. The number of amides is 1. The van der Waals surface area contributed by atoms with Gasteiger partial charge in [0.2, 0.25) is 10.0 Å². The first-order valence-electron chi connectivity index (χ1n) is 9.12. The predicted molar refractivity (Wildman–Crippen MR) is 105 cm³/mol. The van der Waals surface area contributed by atoms with Gasteiger partial charge in [-0.25, -0.2) is 8.42 Å². The number of hydrogen-bond acceptors (Lipinski definition) is 7. The maximum Gasteiger partial charge on any atom is 0.433 e. The predicted octanol–water partition coefficient (Wildman–Crippen LogP) is 1.07. The number of benzene rings is 1. The highest BCUT2D eigenvalue weighted by Gasteiger charge is 2.27. The van der Waals surface area contributed by atoms with Gasteiger partial charge in [0.25, 0.3) is 5.91 Å². The number of piperazine rings is 1. The zero-order chi connectivity index (χ0) is 20.9. The summed E-state index contributed by atoms with van der Waals surface area (Å²) >= 11 is 0. The molecule has 1 aliphatic rings. The molecule has 0 spiro atoms. The molecule has 0 aliphatic carbocycles. The lowest BCUT2D eigenvalue weighted by atomic mass is 10.2. The third-order valence-corrected chi connectivity index (χ3v) is 6.49. The number of nitrogens with zero attached hydrogens (tertiary/aromatic N) is 3. The van der Waals surface area contributed by atoms with Crippen LogP contribution in [-0.2, 0) is 16.6 Å². The summed E-state index contributed by atoms with van der Waals surface area (Å²) in [6.45, 7) is 2.73. The van der Waals surface area contributed by atoms with E-state index >= 15 is 0 Å². The van der Waals surface area contributed by atoms with Crippen LogP contribution in [-0.4, -0.2) is 66.9 Å². The molecule has 0 atom stereocenters. The van der Waals surface area contributed by atoms with Crippen LogP contribution >= 0.6 is 0 Å². The molecule has 1 amide bonds. The fourth-order valence-electron chi connectivity index (χ4n) is 3.07. The van der Waals surface area contributed by atoms with Crippen molar-refractivity contribution in [3.05, 3.63) is 63.9 Å². The van der Waals surface area contributed by atoms with Crippen LogP contribution in [0.4, 0.5) is 5.88 Å². The Morgan fingerprint density at radius 2 is 1.79 bits per heavy atom. The molecule has 1 fully saturated rings. The molecule has 3 rings (SSSR count). The van der Waals surface area contributed by atoms with Crippen molar-refractivity contribution in [3.8, 4) is 0 Å². The average Bonchev–Trinajstić information content (AvgIpc) is 3.20. The van der Waals surface area contributed by atoms with Crippen molar-refractivity contribution < 1.29 is 22.6 Å². The number of rotatable bonds is 8. The summed E-state index contributed by atoms with van der Waals surface area (Å²) < 4.78 is 31.2. The second kappa shape index (κ2) is 9.16. The SMILES string of the molecule is O=C(NCCS(=O)(=O)N1CCN(Cc2ccccc2)CC1)c1ccc([N+](=O)[O-])o1. The van der Waals surface area contributed by atoms with Crippen molar-refractivity contribution in [2.24, 2.45) is 0 Å². The zero-order valence-corrected chi connectivity index (χ0v) is 16.5. The van der Waals surface area contributed by atoms with Crippen LogP contribution in [0.5, 0.6) is 0 Å². The first-order valence-corrected chi connectivity index (χ1v) is 10.7. The number of nitrogens with one attached hydrogen (secondary N) is 1. The summed E-state index contributed by atoms with van der Waals surface area (Å²) in [6, 6.07) is 12.2. The Labute approximate surface area is 168 Å². The summed E-state index contributed by atoms with van der Waals surface area (Å²) in [5.41, 5.74) is 1.18. The van der Waals surface area contributed by atoms with Gasteiger partial charge in [-0.1, -0.05) is 30.3 Å². The number of furan rings is 1. The normalized spacial score (nSPS) is 15.9. The van der Waals surface area contributed by atoms with Gasteiger partial charge in [-0.2, -0.15) is 4.31 Å². The van der Waals surface area contributed by atoms with Crippen molar-refractivity contribution in [1.29, 1.82) is 0 Å². The monoisotopic (exact) mass is 422 g/mol. The van der Waals surface area contributed by atoms with Gasteiger partial charge in [0.15, 0.2) is 5.76 Å². The molecular formula is C18H22N4O6S. The van der Waals surface area contributed by atoms with E-state index in [4.69, 9.17) is 4.42 Å². The lowest BCUT2D eigenvalue weighted by molar-refractivity contribution is -0.402. The van der Waals surface area contributed by atoms with Crippen molar-refractivity contribution in [1.82, 2.24) is 14.5 Å². The minimum atomic E-state index is -3.51. The molecule has 156 valence electrons. The molecule has 1 aliphatic heterocycles. The second-order valence-electron chi connectivity index (χ2n) is 6.63. The van der Waals surface area contributed by atoms with Crippen LogP contribution in [0.15, 0.2) is 46.9 Å². The Morgan fingerprint density at radius 3 is 2.41 bits per heavy atom. The average molecular weight is 422 g/mol. The standard InChI is InChI=1S/C18H22N4O6S/c23-18(16-6-7-17(28-16)22(24)25)19-8-13-29(26,27)21-11-9-20(10-12-21)14-15-4-2-1-3-5-15/h1-7H,8-14H2,(H,19,23). The molecule has 0 unspecified atom stereocenters. The van der Waals surface area contributed by atoms with Crippen LogP contribution in [0.3, 0.4) is 0 Å². The zero-order valence-electron chi connectivity index (χ0n) is 15.7. The first-order chi connectivity index (χ1) is 13.8. The van der Waals surface area contributed by atoms with Gasteiger partial charge in [0.05, 0.1) is 11.8 Å². The molecule has 29 heavy (non-hydrogen) atoms. The molecule has 2 heterocycles. The van der Waals surface area contributed by atoms with Crippen LogP contribution in [0.1, 0.15) is 16.1 Å². The highest BCUT2D eigenvalue weighted by molar-refractivity contribution is 7.89. The Morgan fingerprint density at radius 1 is 1.10 bits per heavy atom. The first kappa shape index (κ1) is 21.0. The summed E-state index contributed by atoms with van der Waals surface area (Å²) in [4.78, 5) is 23.9. The fourth-order valence-corrected chi connectivity index (χ4v) is 4.40.